The van der Waals surface area contributed by atoms with Crippen LogP contribution in [0.3, 0.4) is 0 Å². The third-order valence-corrected chi connectivity index (χ3v) is 5.42. The zero-order chi connectivity index (χ0) is 21.4. The van der Waals surface area contributed by atoms with E-state index in [1.165, 1.54) is 6.26 Å². The summed E-state index contributed by atoms with van der Waals surface area (Å²) in [5.41, 5.74) is 1.05. The van der Waals surface area contributed by atoms with Crippen molar-refractivity contribution in [3.05, 3.63) is 54.0 Å². The van der Waals surface area contributed by atoms with Gasteiger partial charge in [0.05, 0.1) is 11.2 Å². The molecular weight excluding hydrogens is 531 g/mol. The first-order chi connectivity index (χ1) is 14.5. The molecule has 0 aliphatic carbocycles. The van der Waals surface area contributed by atoms with Crippen LogP contribution in [0.15, 0.2) is 57.0 Å². The predicted molar refractivity (Wildman–Crippen MR) is 130 cm³/mol. The Morgan fingerprint density at radius 2 is 1.94 bits per heavy atom. The number of furan rings is 1. The van der Waals surface area contributed by atoms with E-state index in [0.717, 1.165) is 30.3 Å². The number of rotatable bonds is 9. The Labute approximate surface area is 199 Å². The van der Waals surface area contributed by atoms with Crippen LogP contribution >= 0.6 is 24.0 Å². The minimum absolute atomic E-state index is 0. The molecular formula is C20H27IN6O3S. The standard InChI is InChI=1S/C20H26N6O3S.HI/c1-3-21-20(22-12-10-15-6-8-16(9-7-15)30(2,27)28)23-13-11-18-24-19(26-25-18)17-5-4-14-29-17;/h4-9,14H,3,10-13H2,1-2H3,(H2,21,22,23)(H,24,25,26);1H. The highest BCUT2D eigenvalue weighted by Crippen LogP contribution is 2.14. The van der Waals surface area contributed by atoms with Crippen LogP contribution < -0.4 is 10.6 Å². The van der Waals surface area contributed by atoms with Crippen LogP contribution in [0.5, 0.6) is 0 Å². The Morgan fingerprint density at radius 1 is 1.16 bits per heavy atom. The van der Waals surface area contributed by atoms with Crippen molar-refractivity contribution in [2.24, 2.45) is 4.99 Å². The second-order valence-electron chi connectivity index (χ2n) is 6.69. The van der Waals surface area contributed by atoms with E-state index in [1.54, 1.807) is 24.5 Å². The molecule has 0 saturated heterocycles. The summed E-state index contributed by atoms with van der Waals surface area (Å²) in [7, 11) is -3.17. The van der Waals surface area contributed by atoms with E-state index in [-0.39, 0.29) is 24.0 Å². The molecule has 2 aromatic heterocycles. The van der Waals surface area contributed by atoms with Gasteiger partial charge in [-0.25, -0.2) is 13.4 Å². The summed E-state index contributed by atoms with van der Waals surface area (Å²) in [6.07, 6.45) is 4.17. The lowest BCUT2D eigenvalue weighted by Crippen LogP contribution is -2.38. The van der Waals surface area contributed by atoms with E-state index < -0.39 is 9.84 Å². The maximum absolute atomic E-state index is 11.5. The van der Waals surface area contributed by atoms with Gasteiger partial charge in [-0.3, -0.25) is 10.1 Å². The molecule has 3 N–H and O–H groups in total. The Morgan fingerprint density at radius 3 is 2.58 bits per heavy atom. The zero-order valence-corrected chi connectivity index (χ0v) is 20.6. The van der Waals surface area contributed by atoms with Crippen LogP contribution in [0, 0.1) is 0 Å². The molecule has 0 unspecified atom stereocenters. The Bertz CT molecular complexity index is 1060. The number of benzene rings is 1. The van der Waals surface area contributed by atoms with Crippen molar-refractivity contribution >= 4 is 39.8 Å². The average molecular weight is 558 g/mol. The first-order valence-electron chi connectivity index (χ1n) is 9.72. The van der Waals surface area contributed by atoms with Crippen LogP contribution in [0.1, 0.15) is 18.3 Å². The van der Waals surface area contributed by atoms with Gasteiger partial charge in [-0.05, 0) is 43.2 Å². The lowest BCUT2D eigenvalue weighted by molar-refractivity contribution is 0.577. The number of halogens is 1. The van der Waals surface area contributed by atoms with Gasteiger partial charge >= 0.3 is 0 Å². The van der Waals surface area contributed by atoms with Crippen LogP contribution in [0.25, 0.3) is 11.6 Å². The van der Waals surface area contributed by atoms with Crippen molar-refractivity contribution in [1.82, 2.24) is 25.8 Å². The summed E-state index contributed by atoms with van der Waals surface area (Å²) in [6, 6.07) is 10.6. The lowest BCUT2D eigenvalue weighted by Gasteiger charge is -2.11. The van der Waals surface area contributed by atoms with Crippen LogP contribution in [-0.2, 0) is 22.7 Å². The predicted octanol–water partition coefficient (Wildman–Crippen LogP) is 2.43. The molecule has 0 saturated carbocycles. The largest absolute Gasteiger partial charge is 0.461 e. The molecule has 3 aromatic rings. The number of hydrogen-bond donors (Lipinski definition) is 3. The van der Waals surface area contributed by atoms with E-state index in [9.17, 15) is 8.42 Å². The quantitative estimate of drug-likeness (QED) is 0.209. The van der Waals surface area contributed by atoms with E-state index in [4.69, 9.17) is 4.42 Å². The molecule has 0 aliphatic heterocycles. The van der Waals surface area contributed by atoms with Crippen LogP contribution in [0.4, 0.5) is 0 Å². The lowest BCUT2D eigenvalue weighted by atomic mass is 10.1. The average Bonchev–Trinajstić information content (AvgIpc) is 3.39. The summed E-state index contributed by atoms with van der Waals surface area (Å²) in [4.78, 5) is 9.30. The third-order valence-electron chi connectivity index (χ3n) is 4.29. The van der Waals surface area contributed by atoms with Gasteiger partial charge in [-0.2, -0.15) is 5.10 Å². The fourth-order valence-corrected chi connectivity index (χ4v) is 3.40. The smallest absolute Gasteiger partial charge is 0.216 e. The number of aliphatic imine (C=N–C) groups is 1. The summed E-state index contributed by atoms with van der Waals surface area (Å²) in [5, 5.41) is 13.6. The van der Waals surface area contributed by atoms with Crippen LogP contribution in [0.2, 0.25) is 0 Å². The van der Waals surface area contributed by atoms with Gasteiger partial charge in [0, 0.05) is 32.3 Å². The monoisotopic (exact) mass is 558 g/mol. The van der Waals surface area contributed by atoms with Gasteiger partial charge in [0.2, 0.25) is 5.82 Å². The maximum Gasteiger partial charge on any atom is 0.216 e. The number of H-pyrrole nitrogens is 1. The van der Waals surface area contributed by atoms with Crippen molar-refractivity contribution in [2.75, 3.05) is 25.9 Å². The molecule has 31 heavy (non-hydrogen) atoms. The summed E-state index contributed by atoms with van der Waals surface area (Å²) >= 11 is 0. The molecule has 1 aromatic carbocycles. The van der Waals surface area contributed by atoms with E-state index in [2.05, 4.69) is 30.8 Å². The molecule has 168 valence electrons. The number of hydrogen-bond acceptors (Lipinski definition) is 6. The molecule has 0 bridgehead atoms. The first kappa shape index (κ1) is 24.9. The molecule has 2 heterocycles. The van der Waals surface area contributed by atoms with Gasteiger partial charge in [-0.15, -0.1) is 24.0 Å². The molecule has 0 radical (unpaired) electrons. The van der Waals surface area contributed by atoms with Gasteiger partial charge < -0.3 is 15.1 Å². The summed E-state index contributed by atoms with van der Waals surface area (Å²) in [5.74, 6) is 2.62. The second kappa shape index (κ2) is 11.8. The van der Waals surface area contributed by atoms with Crippen molar-refractivity contribution in [1.29, 1.82) is 0 Å². The topological polar surface area (TPSA) is 125 Å². The van der Waals surface area contributed by atoms with E-state index >= 15 is 0 Å². The molecule has 0 spiro atoms. The van der Waals surface area contributed by atoms with Crippen molar-refractivity contribution in [3.63, 3.8) is 0 Å². The number of nitrogens with one attached hydrogen (secondary N) is 3. The fourth-order valence-electron chi connectivity index (χ4n) is 2.77. The van der Waals surface area contributed by atoms with Gasteiger partial charge in [0.25, 0.3) is 0 Å². The molecule has 3 rings (SSSR count). The summed E-state index contributed by atoms with van der Waals surface area (Å²) in [6.45, 7) is 3.98. The van der Waals surface area contributed by atoms with Gasteiger partial charge in [0.1, 0.15) is 5.82 Å². The highest BCUT2D eigenvalue weighted by atomic mass is 127. The van der Waals surface area contributed by atoms with E-state index in [1.807, 2.05) is 25.1 Å². The molecule has 11 heteroatoms. The number of sulfone groups is 1. The Kier molecular flexibility index (Phi) is 9.49. The number of nitrogens with zero attached hydrogens (tertiary/aromatic N) is 3. The summed E-state index contributed by atoms with van der Waals surface area (Å²) < 4.78 is 28.4. The van der Waals surface area contributed by atoms with E-state index in [0.29, 0.717) is 36.0 Å². The molecule has 0 fully saturated rings. The zero-order valence-electron chi connectivity index (χ0n) is 17.5. The molecule has 0 amide bonds. The second-order valence-corrected chi connectivity index (χ2v) is 8.70. The van der Waals surface area contributed by atoms with Crippen molar-refractivity contribution < 1.29 is 12.8 Å². The van der Waals surface area contributed by atoms with Crippen molar-refractivity contribution in [3.8, 4) is 11.6 Å². The van der Waals surface area contributed by atoms with Crippen molar-refractivity contribution in [2.45, 2.75) is 24.7 Å². The Balaban J connectivity index is 0.00000341. The minimum atomic E-state index is -3.17. The Hall–Kier alpha value is -2.41. The first-order valence-corrected chi connectivity index (χ1v) is 11.6. The van der Waals surface area contributed by atoms with Gasteiger partial charge in [0.15, 0.2) is 21.6 Å². The SMILES string of the molecule is CCNC(=NCCc1nc(-c2ccco2)n[nH]1)NCCc1ccc(S(C)(=O)=O)cc1.I. The number of aromatic nitrogens is 3. The van der Waals surface area contributed by atoms with Gasteiger partial charge in [-0.1, -0.05) is 12.1 Å². The minimum Gasteiger partial charge on any atom is -0.461 e. The molecule has 0 aliphatic rings. The highest BCUT2D eigenvalue weighted by molar-refractivity contribution is 14.0. The highest BCUT2D eigenvalue weighted by Gasteiger charge is 2.08. The number of aromatic amines is 1. The molecule has 0 atom stereocenters. The maximum atomic E-state index is 11.5. The normalized spacial score (nSPS) is 11.7. The third kappa shape index (κ3) is 7.65. The van der Waals surface area contributed by atoms with Crippen LogP contribution in [-0.4, -0.2) is 55.4 Å². The fraction of sp³-hybridized carbons (Fsp3) is 0.350. The molecule has 9 nitrogen and oxygen atoms in total. The number of guanidine groups is 1.